The number of nitrogen functional groups attached to an aromatic ring is 1. The van der Waals surface area contributed by atoms with Crippen LogP contribution in [0.3, 0.4) is 0 Å². The van der Waals surface area contributed by atoms with Crippen molar-refractivity contribution in [1.29, 1.82) is 5.26 Å². The average molecular weight is 997 g/mol. The fourth-order valence-corrected chi connectivity index (χ4v) is 7.05. The summed E-state index contributed by atoms with van der Waals surface area (Å²) in [5.41, 5.74) is 10.4. The van der Waals surface area contributed by atoms with Gasteiger partial charge >= 0.3 is 0 Å². The zero-order valence-corrected chi connectivity index (χ0v) is 42.2. The van der Waals surface area contributed by atoms with E-state index in [-0.39, 0.29) is 5.12 Å². The van der Waals surface area contributed by atoms with Crippen LogP contribution in [0.1, 0.15) is 50.4 Å². The Hall–Kier alpha value is -4.50. The van der Waals surface area contributed by atoms with E-state index in [1.807, 2.05) is 30.3 Å². The summed E-state index contributed by atoms with van der Waals surface area (Å²) >= 11 is 1.21. The minimum Gasteiger partial charge on any atom is -0.382 e. The highest BCUT2D eigenvalue weighted by atomic mass is 32.2. The van der Waals surface area contributed by atoms with Gasteiger partial charge in [0.15, 0.2) is 16.9 Å². The van der Waals surface area contributed by atoms with Crippen LogP contribution in [0, 0.1) is 11.3 Å². The van der Waals surface area contributed by atoms with Crippen LogP contribution in [0.2, 0.25) is 0 Å². The Balaban J connectivity index is 0.958. The van der Waals surface area contributed by atoms with Gasteiger partial charge in [0.05, 0.1) is 155 Å². The lowest BCUT2D eigenvalue weighted by Crippen LogP contribution is -2.34. The minimum absolute atomic E-state index is 0.125. The number of hydrogen-bond donors (Lipinski definition) is 3. The molecule has 2 aromatic carbocycles. The molecule has 19 nitrogen and oxygen atoms in total. The number of benzene rings is 2. The van der Waals surface area contributed by atoms with Crippen LogP contribution >= 0.6 is 11.8 Å². The molecular formula is C50H76N8O11S. The molecule has 388 valence electrons. The Morgan fingerprint density at radius 3 is 1.79 bits per heavy atom. The zero-order valence-electron chi connectivity index (χ0n) is 41.3. The predicted octanol–water partition coefficient (Wildman–Crippen LogP) is 5.66. The van der Waals surface area contributed by atoms with Crippen molar-refractivity contribution in [1.82, 2.24) is 19.9 Å². The molecule has 0 bridgehead atoms. The van der Waals surface area contributed by atoms with Crippen LogP contribution in [0.4, 0.5) is 11.5 Å². The van der Waals surface area contributed by atoms with Crippen LogP contribution in [-0.4, -0.2) is 177 Å². The van der Waals surface area contributed by atoms with Crippen molar-refractivity contribution in [2.75, 3.05) is 163 Å². The number of carbonyl (C=O) groups is 1. The maximum absolute atomic E-state index is 11.2. The van der Waals surface area contributed by atoms with Gasteiger partial charge in [-0.2, -0.15) is 5.26 Å². The lowest BCUT2D eigenvalue weighted by atomic mass is 10.2. The first-order chi connectivity index (χ1) is 34.5. The normalized spacial score (nSPS) is 11.8. The summed E-state index contributed by atoms with van der Waals surface area (Å²) < 4.78 is 57.7. The standard InChI is InChI=1S/C50H76N8O11S/c1-3-4-14-45-57-47-48(43-12-5-6-13-44(43)56-49(47)52)58(45)18-8-7-16-53-50(55-42-11-9-10-41(39-42)40-51)54-17-20-61-22-24-63-26-28-65-30-32-67-34-36-69-38-37-68-35-33-66-31-29-64-27-25-62-23-21-60-19-15-46(59)70-2/h5-6,9-13,39H,3-4,7-8,14-38H2,1-2H3,(H2,52,56)(H2,53,54,55). The zero-order chi connectivity index (χ0) is 49.5. The molecule has 0 atom stereocenters. The van der Waals surface area contributed by atoms with Crippen LogP contribution in [-0.2, 0) is 65.1 Å². The number of aliphatic imine (C=N–C) groups is 1. The van der Waals surface area contributed by atoms with Crippen molar-refractivity contribution in [3.63, 3.8) is 0 Å². The summed E-state index contributed by atoms with van der Waals surface area (Å²) in [6.45, 7) is 13.5. The molecule has 0 saturated carbocycles. The first-order valence-electron chi connectivity index (χ1n) is 24.5. The van der Waals surface area contributed by atoms with E-state index in [0.717, 1.165) is 72.1 Å². The molecule has 0 unspecified atom stereocenters. The highest BCUT2D eigenvalue weighted by Crippen LogP contribution is 2.29. The number of hydrogen-bond acceptors (Lipinski definition) is 17. The minimum atomic E-state index is 0.125. The summed E-state index contributed by atoms with van der Waals surface area (Å²) in [5, 5.41) is 17.3. The highest BCUT2D eigenvalue weighted by Gasteiger charge is 2.17. The maximum atomic E-state index is 11.2. The summed E-state index contributed by atoms with van der Waals surface area (Å²) in [6.07, 6.45) is 6.96. The molecule has 70 heavy (non-hydrogen) atoms. The number of imidazole rings is 1. The first-order valence-corrected chi connectivity index (χ1v) is 25.7. The number of unbranched alkanes of at least 4 members (excludes halogenated alkanes) is 2. The van der Waals surface area contributed by atoms with E-state index in [1.165, 1.54) is 11.8 Å². The molecule has 20 heteroatoms. The molecule has 0 aliphatic heterocycles. The van der Waals surface area contributed by atoms with Crippen LogP contribution in [0.5, 0.6) is 0 Å². The van der Waals surface area contributed by atoms with Crippen molar-refractivity contribution in [3.8, 4) is 6.07 Å². The van der Waals surface area contributed by atoms with Crippen molar-refractivity contribution in [3.05, 3.63) is 59.9 Å². The van der Waals surface area contributed by atoms with Gasteiger partial charge in [0.2, 0.25) is 0 Å². The Morgan fingerprint density at radius 2 is 1.24 bits per heavy atom. The van der Waals surface area contributed by atoms with Gasteiger partial charge < -0.3 is 68.3 Å². The predicted molar refractivity (Wildman–Crippen MR) is 274 cm³/mol. The molecule has 0 aliphatic rings. The number of para-hydroxylation sites is 1. The van der Waals surface area contributed by atoms with Crippen molar-refractivity contribution < 1.29 is 52.2 Å². The van der Waals surface area contributed by atoms with Gasteiger partial charge in [-0.15, -0.1) is 0 Å². The third-order valence-corrected chi connectivity index (χ3v) is 11.0. The Labute approximate surface area is 417 Å². The number of nitrogens with two attached hydrogens (primary N) is 1. The number of nitrogens with zero attached hydrogens (tertiary/aromatic N) is 5. The van der Waals surface area contributed by atoms with Crippen molar-refractivity contribution in [2.24, 2.45) is 4.99 Å². The molecule has 4 aromatic rings. The van der Waals surface area contributed by atoms with Gasteiger partial charge in [-0.3, -0.25) is 9.79 Å². The van der Waals surface area contributed by atoms with Gasteiger partial charge in [0, 0.05) is 43.5 Å². The topological polar surface area (TPSA) is 226 Å². The third kappa shape index (κ3) is 24.6. The molecule has 0 amide bonds. The third-order valence-electron chi connectivity index (χ3n) is 10.3. The highest BCUT2D eigenvalue weighted by molar-refractivity contribution is 8.13. The van der Waals surface area contributed by atoms with E-state index in [9.17, 15) is 10.1 Å². The molecule has 2 aromatic heterocycles. The second-order valence-electron chi connectivity index (χ2n) is 15.6. The van der Waals surface area contributed by atoms with Crippen molar-refractivity contribution >= 4 is 56.3 Å². The largest absolute Gasteiger partial charge is 0.382 e. The number of carbonyl (C=O) groups excluding carboxylic acids is 1. The summed E-state index contributed by atoms with van der Waals surface area (Å²) in [7, 11) is 0. The fourth-order valence-electron chi connectivity index (χ4n) is 6.77. The van der Waals surface area contributed by atoms with E-state index in [4.69, 9.17) is 63.1 Å². The molecular weight excluding hydrogens is 921 g/mol. The van der Waals surface area contributed by atoms with E-state index < -0.39 is 0 Å². The van der Waals surface area contributed by atoms with Crippen LogP contribution < -0.4 is 16.4 Å². The molecule has 4 N–H and O–H groups in total. The van der Waals surface area contributed by atoms with E-state index in [2.05, 4.69) is 39.2 Å². The molecule has 0 aliphatic carbocycles. The number of thioether (sulfide) groups is 1. The van der Waals surface area contributed by atoms with Gasteiger partial charge in [0.1, 0.15) is 11.3 Å². The lowest BCUT2D eigenvalue weighted by molar-refractivity contribution is -0.112. The van der Waals surface area contributed by atoms with E-state index in [0.29, 0.717) is 169 Å². The maximum Gasteiger partial charge on any atom is 0.195 e. The van der Waals surface area contributed by atoms with Crippen molar-refractivity contribution in [2.45, 2.75) is 52.0 Å². The number of nitrogens with one attached hydrogen (secondary N) is 2. The Kier molecular flexibility index (Phi) is 31.7. The van der Waals surface area contributed by atoms with Crippen LogP contribution in [0.15, 0.2) is 53.5 Å². The monoisotopic (exact) mass is 997 g/mol. The first kappa shape index (κ1) is 58.1. The number of fused-ring (bicyclic) bond motifs is 3. The lowest BCUT2D eigenvalue weighted by Gasteiger charge is -2.14. The van der Waals surface area contributed by atoms with Gasteiger partial charge in [-0.25, -0.2) is 9.97 Å². The average Bonchev–Trinajstić information content (AvgIpc) is 3.75. The summed E-state index contributed by atoms with van der Waals surface area (Å²) in [6, 6.07) is 17.6. The van der Waals surface area contributed by atoms with Gasteiger partial charge in [-0.05, 0) is 49.8 Å². The summed E-state index contributed by atoms with van der Waals surface area (Å²) in [5.74, 6) is 2.12. The molecule has 0 radical (unpaired) electrons. The Bertz CT molecular complexity index is 2090. The molecule has 0 fully saturated rings. The van der Waals surface area contributed by atoms with E-state index >= 15 is 0 Å². The quantitative estimate of drug-likeness (QED) is 0.0276. The number of anilines is 2. The van der Waals surface area contributed by atoms with Crippen LogP contribution in [0.25, 0.3) is 21.9 Å². The smallest absolute Gasteiger partial charge is 0.195 e. The molecule has 2 heterocycles. The molecule has 0 spiro atoms. The number of guanidine groups is 1. The molecule has 4 rings (SSSR count). The Morgan fingerprint density at radius 1 is 0.700 bits per heavy atom. The van der Waals surface area contributed by atoms with E-state index in [1.54, 1.807) is 18.4 Å². The second kappa shape index (κ2) is 38.2. The van der Waals surface area contributed by atoms with Gasteiger partial charge in [0.25, 0.3) is 0 Å². The SMILES string of the molecule is CCCCc1nc2c(N)nc3ccccc3c2n1CCCCN=C(NCCOCCOCCOCCOCCOCCOCCOCCOCCOCCOCCC(=O)SC)Nc1cccc(C#N)c1. The number of nitriles is 1. The number of aromatic nitrogens is 3. The number of rotatable bonds is 42. The van der Waals surface area contributed by atoms with Gasteiger partial charge in [-0.1, -0.05) is 49.4 Å². The fraction of sp³-hybridized carbons (Fsp3) is 0.620. The number of ether oxygens (including phenoxy) is 10. The molecule has 0 saturated heterocycles. The summed E-state index contributed by atoms with van der Waals surface area (Å²) in [4.78, 5) is 25.6. The second-order valence-corrected chi connectivity index (χ2v) is 16.5. The number of pyridine rings is 1. The number of aryl methyl sites for hydroxylation is 2.